The number of carbonyl (C=O) groups is 2. The van der Waals surface area contributed by atoms with Crippen molar-refractivity contribution < 1.29 is 14.3 Å². The predicted molar refractivity (Wildman–Crippen MR) is 121 cm³/mol. The lowest BCUT2D eigenvalue weighted by molar-refractivity contribution is -0.121. The minimum absolute atomic E-state index is 0.174. The van der Waals surface area contributed by atoms with E-state index in [-0.39, 0.29) is 5.91 Å². The minimum Gasteiger partial charge on any atom is -0.444 e. The van der Waals surface area contributed by atoms with Gasteiger partial charge in [0.1, 0.15) is 5.60 Å². The number of hydrogen-bond donors (Lipinski definition) is 2. The maximum atomic E-state index is 13.1. The van der Waals surface area contributed by atoms with Crippen LogP contribution in [0.4, 0.5) is 10.5 Å². The van der Waals surface area contributed by atoms with Gasteiger partial charge in [0.15, 0.2) is 0 Å². The highest BCUT2D eigenvalue weighted by Gasteiger charge is 2.36. The molecule has 2 N–H and O–H groups in total. The van der Waals surface area contributed by atoms with Crippen molar-refractivity contribution >= 4 is 17.7 Å². The largest absolute Gasteiger partial charge is 0.444 e. The van der Waals surface area contributed by atoms with E-state index in [2.05, 4.69) is 20.7 Å². The molecule has 4 rings (SSSR count). The number of amides is 2. The molecular weight excluding hydrogens is 406 g/mol. The molecule has 0 saturated heterocycles. The Labute approximate surface area is 187 Å². The van der Waals surface area contributed by atoms with E-state index in [1.807, 2.05) is 49.6 Å². The zero-order chi connectivity index (χ0) is 22.9. The summed E-state index contributed by atoms with van der Waals surface area (Å²) in [5.41, 5.74) is 3.44. The van der Waals surface area contributed by atoms with Crippen molar-refractivity contribution in [3.8, 4) is 11.1 Å². The fourth-order valence-corrected chi connectivity index (χ4v) is 3.80. The molecule has 2 atom stereocenters. The standard InChI is InChI=1S/C24H27N5O3/c1-24(2,3)32-23(31)28-21(15-8-6-5-7-9-15)18-11-19-20(27-22(18)30)10-16(12-25-19)17-13-26-29(4)14-17/h5-10,12-14,18,21H,11H2,1-4H3,(H,27,30)(H,28,31)/t18?,21-/m1/s1. The van der Waals surface area contributed by atoms with Gasteiger partial charge in [-0.2, -0.15) is 5.10 Å². The lowest BCUT2D eigenvalue weighted by Crippen LogP contribution is -2.43. The molecule has 8 heteroatoms. The highest BCUT2D eigenvalue weighted by molar-refractivity contribution is 5.97. The van der Waals surface area contributed by atoms with Gasteiger partial charge in [-0.15, -0.1) is 0 Å². The van der Waals surface area contributed by atoms with Crippen LogP contribution in [0.25, 0.3) is 11.1 Å². The van der Waals surface area contributed by atoms with Gasteiger partial charge in [0.25, 0.3) is 0 Å². The second kappa shape index (κ2) is 8.45. The second-order valence-electron chi connectivity index (χ2n) is 8.96. The van der Waals surface area contributed by atoms with E-state index in [1.165, 1.54) is 0 Å². The molecule has 166 valence electrons. The van der Waals surface area contributed by atoms with Crippen molar-refractivity contribution in [2.24, 2.45) is 13.0 Å². The summed E-state index contributed by atoms with van der Waals surface area (Å²) in [5, 5.41) is 10.1. The molecule has 0 fully saturated rings. The molecule has 0 saturated carbocycles. The second-order valence-corrected chi connectivity index (χ2v) is 8.96. The molecule has 0 spiro atoms. The molecule has 2 aromatic heterocycles. The predicted octanol–water partition coefficient (Wildman–Crippen LogP) is 3.86. The number of nitrogens with zero attached hydrogens (tertiary/aromatic N) is 3. The number of alkyl carbamates (subject to hydrolysis) is 1. The normalized spacial score (nSPS) is 16.6. The Morgan fingerprint density at radius 2 is 1.97 bits per heavy atom. The van der Waals surface area contributed by atoms with E-state index in [9.17, 15) is 9.59 Å². The summed E-state index contributed by atoms with van der Waals surface area (Å²) in [6, 6.07) is 10.8. The number of aryl methyl sites for hydroxylation is 1. The topological polar surface area (TPSA) is 98.1 Å². The Hall–Kier alpha value is -3.68. The van der Waals surface area contributed by atoms with Crippen LogP contribution in [0.3, 0.4) is 0 Å². The number of rotatable bonds is 4. The highest BCUT2D eigenvalue weighted by Crippen LogP contribution is 2.34. The summed E-state index contributed by atoms with van der Waals surface area (Å²) in [6.07, 6.45) is 5.26. The molecule has 0 aliphatic carbocycles. The van der Waals surface area contributed by atoms with Crippen LogP contribution in [0.15, 0.2) is 55.0 Å². The quantitative estimate of drug-likeness (QED) is 0.651. The molecule has 8 nitrogen and oxygen atoms in total. The van der Waals surface area contributed by atoms with Gasteiger partial charge in [0, 0.05) is 37.0 Å². The number of benzene rings is 1. The highest BCUT2D eigenvalue weighted by atomic mass is 16.6. The SMILES string of the molecule is Cn1cc(-c2cnc3c(c2)NC(=O)C([C@H](NC(=O)OC(C)(C)C)c2ccccc2)C3)cn1. The van der Waals surface area contributed by atoms with Crippen molar-refractivity contribution in [2.45, 2.75) is 38.8 Å². The molecular formula is C24H27N5O3. The van der Waals surface area contributed by atoms with Gasteiger partial charge < -0.3 is 15.4 Å². The van der Waals surface area contributed by atoms with Gasteiger partial charge in [-0.3, -0.25) is 14.5 Å². The molecule has 1 aliphatic heterocycles. The van der Waals surface area contributed by atoms with Gasteiger partial charge in [-0.05, 0) is 32.4 Å². The third kappa shape index (κ3) is 4.80. The van der Waals surface area contributed by atoms with Crippen molar-refractivity contribution in [1.82, 2.24) is 20.1 Å². The van der Waals surface area contributed by atoms with Crippen molar-refractivity contribution in [1.29, 1.82) is 0 Å². The molecule has 3 heterocycles. The van der Waals surface area contributed by atoms with Gasteiger partial charge in [0.05, 0.1) is 29.5 Å². The van der Waals surface area contributed by atoms with Crippen molar-refractivity contribution in [3.05, 3.63) is 66.2 Å². The Morgan fingerprint density at radius 1 is 1.22 bits per heavy atom. The molecule has 0 bridgehead atoms. The maximum Gasteiger partial charge on any atom is 0.408 e. The fraction of sp³-hybridized carbons (Fsp3) is 0.333. The van der Waals surface area contributed by atoms with Gasteiger partial charge in [-0.25, -0.2) is 4.79 Å². The summed E-state index contributed by atoms with van der Waals surface area (Å²) in [7, 11) is 1.85. The number of anilines is 1. The average Bonchev–Trinajstić information content (AvgIpc) is 3.17. The molecule has 1 aromatic carbocycles. The zero-order valence-corrected chi connectivity index (χ0v) is 18.6. The smallest absolute Gasteiger partial charge is 0.408 e. The third-order valence-corrected chi connectivity index (χ3v) is 5.25. The van der Waals surface area contributed by atoms with Crippen LogP contribution >= 0.6 is 0 Å². The summed E-state index contributed by atoms with van der Waals surface area (Å²) in [6.45, 7) is 5.41. The van der Waals surface area contributed by atoms with Crippen LogP contribution in [-0.2, 0) is 23.0 Å². The Bertz CT molecular complexity index is 1130. The van der Waals surface area contributed by atoms with Crippen LogP contribution in [0.5, 0.6) is 0 Å². The van der Waals surface area contributed by atoms with Crippen LogP contribution < -0.4 is 10.6 Å². The summed E-state index contributed by atoms with van der Waals surface area (Å²) in [4.78, 5) is 30.3. The third-order valence-electron chi connectivity index (χ3n) is 5.25. The first-order valence-corrected chi connectivity index (χ1v) is 10.5. The molecule has 3 aromatic rings. The maximum absolute atomic E-state index is 13.1. The zero-order valence-electron chi connectivity index (χ0n) is 18.6. The van der Waals surface area contributed by atoms with Gasteiger partial charge in [0.2, 0.25) is 5.91 Å². The summed E-state index contributed by atoms with van der Waals surface area (Å²) >= 11 is 0. The number of ether oxygens (including phenoxy) is 1. The Morgan fingerprint density at radius 3 is 2.62 bits per heavy atom. The van der Waals surface area contributed by atoms with Crippen LogP contribution in [-0.4, -0.2) is 32.4 Å². The lowest BCUT2D eigenvalue weighted by Gasteiger charge is -2.32. The molecule has 1 aliphatic rings. The molecule has 0 radical (unpaired) electrons. The summed E-state index contributed by atoms with van der Waals surface area (Å²) < 4.78 is 7.17. The van der Waals surface area contributed by atoms with E-state index >= 15 is 0 Å². The average molecular weight is 434 g/mol. The van der Waals surface area contributed by atoms with Crippen LogP contribution in [0.2, 0.25) is 0 Å². The number of hydrogen-bond acceptors (Lipinski definition) is 5. The number of aromatic nitrogens is 3. The van der Waals surface area contributed by atoms with E-state index in [4.69, 9.17) is 4.74 Å². The van der Waals surface area contributed by atoms with Crippen LogP contribution in [0, 0.1) is 5.92 Å². The van der Waals surface area contributed by atoms with E-state index in [1.54, 1.807) is 37.8 Å². The first-order valence-electron chi connectivity index (χ1n) is 10.5. The monoisotopic (exact) mass is 433 g/mol. The van der Waals surface area contributed by atoms with E-state index in [0.717, 1.165) is 22.4 Å². The number of fused-ring (bicyclic) bond motifs is 1. The number of pyridine rings is 1. The molecule has 2 amide bonds. The fourth-order valence-electron chi connectivity index (χ4n) is 3.80. The van der Waals surface area contributed by atoms with Gasteiger partial charge >= 0.3 is 6.09 Å². The molecule has 1 unspecified atom stereocenters. The van der Waals surface area contributed by atoms with Crippen LogP contribution in [0.1, 0.15) is 38.1 Å². The molecule has 32 heavy (non-hydrogen) atoms. The first-order chi connectivity index (χ1) is 15.2. The van der Waals surface area contributed by atoms with E-state index < -0.39 is 23.7 Å². The van der Waals surface area contributed by atoms with Crippen molar-refractivity contribution in [2.75, 3.05) is 5.32 Å². The lowest BCUT2D eigenvalue weighted by atomic mass is 9.85. The Balaban J connectivity index is 1.61. The van der Waals surface area contributed by atoms with E-state index in [0.29, 0.717) is 12.1 Å². The first kappa shape index (κ1) is 21.5. The van der Waals surface area contributed by atoms with Gasteiger partial charge in [-0.1, -0.05) is 30.3 Å². The number of nitrogens with one attached hydrogen (secondary N) is 2. The minimum atomic E-state index is -0.642. The Kier molecular flexibility index (Phi) is 5.69. The van der Waals surface area contributed by atoms with Crippen molar-refractivity contribution in [3.63, 3.8) is 0 Å². The number of carbonyl (C=O) groups excluding carboxylic acids is 2. The summed E-state index contributed by atoms with van der Waals surface area (Å²) in [5.74, 6) is -0.707.